The number of halogens is 3. The predicted molar refractivity (Wildman–Crippen MR) is 111 cm³/mol. The van der Waals surface area contributed by atoms with Gasteiger partial charge in [0.05, 0.1) is 0 Å². The Kier molecular flexibility index (Phi) is 8.72. The molecule has 2 saturated carbocycles. The van der Waals surface area contributed by atoms with Crippen molar-refractivity contribution in [2.45, 2.75) is 62.8 Å². The molecule has 4 rings (SSSR count). The summed E-state index contributed by atoms with van der Waals surface area (Å²) in [5.74, 6) is 1.88. The summed E-state index contributed by atoms with van der Waals surface area (Å²) >= 11 is 0. The SMILES string of the molecule is O=S(=O)(Oc1ccc2cc(C3CCC(C4CC[CH-]CC4)CC3)ccc2c1)C(F)(F)F.[Rb+]. The van der Waals surface area contributed by atoms with Crippen molar-refractivity contribution in [1.82, 2.24) is 0 Å². The third kappa shape index (κ3) is 6.14. The van der Waals surface area contributed by atoms with Crippen LogP contribution < -0.4 is 62.4 Å². The summed E-state index contributed by atoms with van der Waals surface area (Å²) in [5.41, 5.74) is -4.20. The van der Waals surface area contributed by atoms with Crippen molar-refractivity contribution < 1.29 is 84.0 Å². The van der Waals surface area contributed by atoms with Crippen LogP contribution in [0, 0.1) is 18.3 Å². The molecule has 0 heterocycles. The van der Waals surface area contributed by atoms with Gasteiger partial charge in [0, 0.05) is 0 Å². The van der Waals surface area contributed by atoms with E-state index >= 15 is 0 Å². The first-order chi connectivity index (χ1) is 14.2. The van der Waals surface area contributed by atoms with E-state index in [1.165, 1.54) is 69.1 Å². The molecule has 0 bridgehead atoms. The Hall–Kier alpha value is 0.0452. The molecule has 0 saturated heterocycles. The van der Waals surface area contributed by atoms with Crippen LogP contribution in [-0.2, 0) is 10.1 Å². The number of benzene rings is 2. The van der Waals surface area contributed by atoms with Crippen LogP contribution in [0.5, 0.6) is 5.75 Å². The van der Waals surface area contributed by atoms with Gasteiger partial charge in [-0.1, -0.05) is 37.1 Å². The van der Waals surface area contributed by atoms with Crippen LogP contribution in [0.3, 0.4) is 0 Å². The largest absolute Gasteiger partial charge is 1.00 e. The third-order valence-electron chi connectivity index (χ3n) is 6.72. The minimum absolute atomic E-state index is 0. The fourth-order valence-electron chi connectivity index (χ4n) is 5.07. The molecule has 2 aliphatic rings. The number of rotatable bonds is 4. The van der Waals surface area contributed by atoms with Gasteiger partial charge in [0.1, 0.15) is 5.75 Å². The van der Waals surface area contributed by atoms with Gasteiger partial charge in [-0.2, -0.15) is 34.4 Å². The number of alkyl halides is 3. The zero-order valence-electron chi connectivity index (χ0n) is 17.7. The van der Waals surface area contributed by atoms with Crippen molar-refractivity contribution in [2.75, 3.05) is 0 Å². The maximum Gasteiger partial charge on any atom is 1.00 e. The molecule has 3 nitrogen and oxygen atoms in total. The van der Waals surface area contributed by atoms with E-state index in [0.717, 1.165) is 17.2 Å². The summed E-state index contributed by atoms with van der Waals surface area (Å²) in [6.45, 7) is 0. The Labute approximate surface area is 231 Å². The molecule has 2 fully saturated rings. The predicted octanol–water partition coefficient (Wildman–Crippen LogP) is 3.74. The van der Waals surface area contributed by atoms with Crippen LogP contribution in [0.4, 0.5) is 13.2 Å². The molecule has 31 heavy (non-hydrogen) atoms. The van der Waals surface area contributed by atoms with Gasteiger partial charge in [-0.05, 0) is 71.9 Å². The van der Waals surface area contributed by atoms with E-state index in [1.807, 2.05) is 12.1 Å². The monoisotopic (exact) mass is 524 g/mol. The topological polar surface area (TPSA) is 43.4 Å². The quantitative estimate of drug-likeness (QED) is 0.348. The second-order valence-electron chi connectivity index (χ2n) is 8.57. The van der Waals surface area contributed by atoms with E-state index in [0.29, 0.717) is 11.3 Å². The first kappa shape index (κ1) is 25.7. The van der Waals surface area contributed by atoms with Gasteiger partial charge >= 0.3 is 73.8 Å². The summed E-state index contributed by atoms with van der Waals surface area (Å²) in [6.07, 6.45) is 12.4. The van der Waals surface area contributed by atoms with Crippen molar-refractivity contribution in [3.05, 3.63) is 48.4 Å². The van der Waals surface area contributed by atoms with Gasteiger partial charge in [0.15, 0.2) is 0 Å². The maximum atomic E-state index is 12.5. The fraction of sp³-hybridized carbons (Fsp3) is 0.522. The molecule has 2 aromatic rings. The van der Waals surface area contributed by atoms with Crippen molar-refractivity contribution >= 4 is 20.9 Å². The number of hydrogen-bond acceptors (Lipinski definition) is 3. The van der Waals surface area contributed by atoms with E-state index in [9.17, 15) is 21.6 Å². The summed E-state index contributed by atoms with van der Waals surface area (Å²) in [5, 5.41) is 1.52. The molecule has 0 radical (unpaired) electrons. The second-order valence-corrected chi connectivity index (χ2v) is 10.1. The molecule has 2 aliphatic carbocycles. The fourth-order valence-corrected chi connectivity index (χ4v) is 5.52. The molecule has 164 valence electrons. The van der Waals surface area contributed by atoms with Crippen molar-refractivity contribution in [1.29, 1.82) is 0 Å². The number of fused-ring (bicyclic) bond motifs is 1. The Morgan fingerprint density at radius 1 is 0.839 bits per heavy atom. The van der Waals surface area contributed by atoms with Gasteiger partial charge in [-0.3, -0.25) is 0 Å². The zero-order valence-corrected chi connectivity index (χ0v) is 23.4. The molecule has 2 aromatic carbocycles. The first-order valence-electron chi connectivity index (χ1n) is 10.6. The van der Waals surface area contributed by atoms with Crippen LogP contribution in [-0.4, -0.2) is 13.9 Å². The average Bonchev–Trinajstić information content (AvgIpc) is 2.73. The van der Waals surface area contributed by atoms with Crippen LogP contribution in [0.15, 0.2) is 36.4 Å². The smallest absolute Gasteiger partial charge is 0.376 e. The van der Waals surface area contributed by atoms with Crippen molar-refractivity contribution in [3.63, 3.8) is 0 Å². The van der Waals surface area contributed by atoms with Gasteiger partial charge in [-0.15, -0.1) is 0 Å². The van der Waals surface area contributed by atoms with Gasteiger partial charge < -0.3 is 10.6 Å². The van der Waals surface area contributed by atoms with E-state index in [1.54, 1.807) is 6.07 Å². The maximum absolute atomic E-state index is 12.5. The molecular formula is C23H26F3O3RbS. The van der Waals surface area contributed by atoms with Crippen LogP contribution in [0.2, 0.25) is 0 Å². The van der Waals surface area contributed by atoms with E-state index in [-0.39, 0.29) is 63.9 Å². The molecule has 0 amide bonds. The van der Waals surface area contributed by atoms with E-state index < -0.39 is 15.6 Å². The summed E-state index contributed by atoms with van der Waals surface area (Å²) in [6, 6.07) is 10.1. The molecule has 0 atom stereocenters. The Balaban J connectivity index is 0.00000272. The van der Waals surface area contributed by atoms with Crippen LogP contribution >= 0.6 is 0 Å². The standard InChI is InChI=1S/C23H26F3O3S.Rb/c24-23(25,26)30(27,28)29-22-13-12-20-14-19(10-11-21(20)15-22)18-8-6-17(7-9-18)16-4-2-1-3-5-16;/h1,10-18H,2-9H2;/q-1;+1. The molecular weight excluding hydrogens is 499 g/mol. The molecule has 0 aliphatic heterocycles. The molecule has 0 aromatic heterocycles. The molecule has 0 spiro atoms. The summed E-state index contributed by atoms with van der Waals surface area (Å²) in [4.78, 5) is 0. The van der Waals surface area contributed by atoms with E-state index in [4.69, 9.17) is 0 Å². The van der Waals surface area contributed by atoms with Crippen molar-refractivity contribution in [3.8, 4) is 5.75 Å². The Bertz CT molecular complexity index is 993. The number of hydrogen-bond donors (Lipinski definition) is 0. The minimum Gasteiger partial charge on any atom is -0.376 e. The minimum atomic E-state index is -5.66. The van der Waals surface area contributed by atoms with Crippen molar-refractivity contribution in [2.24, 2.45) is 11.8 Å². The van der Waals surface area contributed by atoms with Gasteiger partial charge in [-0.25, -0.2) is 0 Å². The summed E-state index contributed by atoms with van der Waals surface area (Å²) < 4.78 is 64.2. The Morgan fingerprint density at radius 2 is 1.42 bits per heavy atom. The molecule has 0 unspecified atom stereocenters. The average molecular weight is 525 g/mol. The second kappa shape index (κ2) is 10.5. The van der Waals surface area contributed by atoms with Crippen LogP contribution in [0.1, 0.15) is 62.8 Å². The van der Waals surface area contributed by atoms with Gasteiger partial charge in [0.25, 0.3) is 0 Å². The summed E-state index contributed by atoms with van der Waals surface area (Å²) in [7, 11) is -5.66. The normalized spacial score (nSPS) is 23.3. The molecule has 8 heteroatoms. The third-order valence-corrected chi connectivity index (χ3v) is 7.70. The van der Waals surface area contributed by atoms with E-state index in [2.05, 4.69) is 16.7 Å². The van der Waals surface area contributed by atoms with Crippen LogP contribution in [0.25, 0.3) is 10.8 Å². The first-order valence-corrected chi connectivity index (χ1v) is 12.0. The molecule has 0 N–H and O–H groups in total. The zero-order chi connectivity index (χ0) is 21.4. The Morgan fingerprint density at radius 3 is 2.06 bits per heavy atom. The van der Waals surface area contributed by atoms with Gasteiger partial charge in [0.2, 0.25) is 0 Å².